The maximum absolute atomic E-state index is 14.7. The summed E-state index contributed by atoms with van der Waals surface area (Å²) in [7, 11) is 0. The normalized spacial score (nSPS) is 13.4. The van der Waals surface area contributed by atoms with E-state index in [1.54, 1.807) is 0 Å². The van der Waals surface area contributed by atoms with Crippen LogP contribution in [0.1, 0.15) is 59.3 Å². The monoisotopic (exact) mass is 303 g/mol. The number of rotatable bonds is 10. The standard InChI is InChI=1S/C15H26FNO2S/c1-5-7-8-9-10-15(16,11-17-13(20)6-2)19-14(18)12(3)4/h3,5-11H2,1-2,4H3,(H,17,20). The highest BCUT2D eigenvalue weighted by molar-refractivity contribution is 7.80. The van der Waals surface area contributed by atoms with Gasteiger partial charge >= 0.3 is 5.97 Å². The maximum atomic E-state index is 14.7. The topological polar surface area (TPSA) is 38.3 Å². The van der Waals surface area contributed by atoms with Crippen molar-refractivity contribution in [2.75, 3.05) is 6.54 Å². The Labute approximate surface area is 127 Å². The molecular weight excluding hydrogens is 277 g/mol. The van der Waals surface area contributed by atoms with Crippen LogP contribution in [0.4, 0.5) is 4.39 Å². The molecule has 0 aromatic carbocycles. The second-order valence-electron chi connectivity index (χ2n) is 4.99. The van der Waals surface area contributed by atoms with Gasteiger partial charge in [-0.2, -0.15) is 4.39 Å². The van der Waals surface area contributed by atoms with Crippen molar-refractivity contribution in [2.45, 2.75) is 65.2 Å². The molecule has 1 atom stereocenters. The molecule has 0 spiro atoms. The molecule has 20 heavy (non-hydrogen) atoms. The van der Waals surface area contributed by atoms with Gasteiger partial charge < -0.3 is 10.1 Å². The van der Waals surface area contributed by atoms with E-state index in [1.807, 2.05) is 6.92 Å². The van der Waals surface area contributed by atoms with Crippen LogP contribution in [0.25, 0.3) is 0 Å². The zero-order valence-corrected chi connectivity index (χ0v) is 13.6. The first-order chi connectivity index (χ1) is 9.34. The number of hydrogen-bond acceptors (Lipinski definition) is 3. The number of carbonyl (C=O) groups excluding carboxylic acids is 1. The summed E-state index contributed by atoms with van der Waals surface area (Å²) < 4.78 is 19.7. The summed E-state index contributed by atoms with van der Waals surface area (Å²) in [5.74, 6) is -2.73. The van der Waals surface area contributed by atoms with Crippen molar-refractivity contribution in [1.29, 1.82) is 0 Å². The molecule has 0 aromatic heterocycles. The summed E-state index contributed by atoms with van der Waals surface area (Å²) >= 11 is 5.01. The summed E-state index contributed by atoms with van der Waals surface area (Å²) in [5.41, 5.74) is 0.193. The number of ether oxygens (including phenoxy) is 1. The highest BCUT2D eigenvalue weighted by atomic mass is 32.1. The number of thiocarbonyl (C=S) groups is 1. The Kier molecular flexibility index (Phi) is 9.38. The molecule has 0 heterocycles. The van der Waals surface area contributed by atoms with Crippen molar-refractivity contribution >= 4 is 23.2 Å². The van der Waals surface area contributed by atoms with Crippen LogP contribution in [-0.2, 0) is 9.53 Å². The van der Waals surface area contributed by atoms with E-state index in [0.717, 1.165) is 19.3 Å². The van der Waals surface area contributed by atoms with Crippen LogP contribution in [0.15, 0.2) is 12.2 Å². The molecule has 116 valence electrons. The van der Waals surface area contributed by atoms with Gasteiger partial charge in [-0.25, -0.2) is 4.79 Å². The van der Waals surface area contributed by atoms with E-state index in [1.165, 1.54) is 6.92 Å². The Hall–Kier alpha value is -0.970. The minimum Gasteiger partial charge on any atom is -0.423 e. The van der Waals surface area contributed by atoms with Crippen molar-refractivity contribution < 1.29 is 13.9 Å². The van der Waals surface area contributed by atoms with Crippen LogP contribution in [-0.4, -0.2) is 23.4 Å². The molecule has 5 heteroatoms. The molecule has 0 fully saturated rings. The molecule has 1 N–H and O–H groups in total. The van der Waals surface area contributed by atoms with Crippen molar-refractivity contribution in [3.8, 4) is 0 Å². The van der Waals surface area contributed by atoms with E-state index in [4.69, 9.17) is 17.0 Å². The first-order valence-electron chi connectivity index (χ1n) is 7.19. The predicted octanol–water partition coefficient (Wildman–Crippen LogP) is 4.07. The Morgan fingerprint density at radius 1 is 1.35 bits per heavy atom. The average Bonchev–Trinajstić information content (AvgIpc) is 2.41. The second-order valence-corrected chi connectivity index (χ2v) is 5.49. The number of hydrogen-bond donors (Lipinski definition) is 1. The number of esters is 1. The summed E-state index contributed by atoms with van der Waals surface area (Å²) in [6.07, 6.45) is 4.52. The minimum atomic E-state index is -2.02. The Balaban J connectivity index is 4.52. The third-order valence-electron chi connectivity index (χ3n) is 2.90. The smallest absolute Gasteiger partial charge is 0.335 e. The molecule has 0 saturated heterocycles. The Bertz CT molecular complexity index is 347. The van der Waals surface area contributed by atoms with Crippen LogP contribution >= 0.6 is 12.2 Å². The lowest BCUT2D eigenvalue weighted by atomic mass is 10.1. The van der Waals surface area contributed by atoms with Gasteiger partial charge in [0, 0.05) is 12.0 Å². The molecule has 0 saturated carbocycles. The fraction of sp³-hybridized carbons (Fsp3) is 0.733. The van der Waals surface area contributed by atoms with Gasteiger partial charge in [-0.3, -0.25) is 0 Å². The fourth-order valence-corrected chi connectivity index (χ4v) is 1.67. The van der Waals surface area contributed by atoms with Crippen LogP contribution in [0, 0.1) is 0 Å². The van der Waals surface area contributed by atoms with Crippen molar-refractivity contribution in [1.82, 2.24) is 5.32 Å². The van der Waals surface area contributed by atoms with E-state index in [0.29, 0.717) is 17.8 Å². The number of nitrogens with one attached hydrogen (secondary N) is 1. The van der Waals surface area contributed by atoms with Gasteiger partial charge in [0.25, 0.3) is 5.85 Å². The first kappa shape index (κ1) is 19.0. The number of unbranched alkanes of at least 4 members (excludes halogenated alkanes) is 3. The van der Waals surface area contributed by atoms with E-state index < -0.39 is 11.8 Å². The fourth-order valence-electron chi connectivity index (χ4n) is 1.60. The van der Waals surface area contributed by atoms with E-state index >= 15 is 0 Å². The maximum Gasteiger partial charge on any atom is 0.335 e. The second kappa shape index (κ2) is 9.86. The van der Waals surface area contributed by atoms with Gasteiger partial charge in [-0.1, -0.05) is 51.9 Å². The highest BCUT2D eigenvalue weighted by Crippen LogP contribution is 2.23. The Morgan fingerprint density at radius 2 is 2.00 bits per heavy atom. The van der Waals surface area contributed by atoms with Crippen LogP contribution in [0.2, 0.25) is 0 Å². The quantitative estimate of drug-likeness (QED) is 0.286. The molecule has 1 unspecified atom stereocenters. The van der Waals surface area contributed by atoms with Crippen LogP contribution < -0.4 is 5.32 Å². The third-order valence-corrected chi connectivity index (χ3v) is 3.33. The van der Waals surface area contributed by atoms with Gasteiger partial charge in [0.1, 0.15) is 0 Å². The van der Waals surface area contributed by atoms with Gasteiger partial charge in [-0.05, 0) is 19.8 Å². The van der Waals surface area contributed by atoms with Crippen molar-refractivity contribution in [3.05, 3.63) is 12.2 Å². The molecule has 0 aliphatic rings. The molecule has 0 aliphatic heterocycles. The molecule has 3 nitrogen and oxygen atoms in total. The number of carbonyl (C=O) groups is 1. The lowest BCUT2D eigenvalue weighted by Gasteiger charge is -2.26. The minimum absolute atomic E-state index is 0.106. The van der Waals surface area contributed by atoms with E-state index in [2.05, 4.69) is 18.8 Å². The van der Waals surface area contributed by atoms with Crippen LogP contribution in [0.5, 0.6) is 0 Å². The summed E-state index contributed by atoms with van der Waals surface area (Å²) in [4.78, 5) is 12.1. The first-order valence-corrected chi connectivity index (χ1v) is 7.60. The van der Waals surface area contributed by atoms with Crippen LogP contribution in [0.3, 0.4) is 0 Å². The van der Waals surface area contributed by atoms with Gasteiger partial charge in [-0.15, -0.1) is 0 Å². The third kappa shape index (κ3) is 8.25. The number of alkyl halides is 1. The summed E-state index contributed by atoms with van der Waals surface area (Å²) in [6.45, 7) is 8.84. The van der Waals surface area contributed by atoms with Gasteiger partial charge in [0.2, 0.25) is 0 Å². The molecular formula is C15H26FNO2S. The number of halogens is 1. The predicted molar refractivity (Wildman–Crippen MR) is 84.4 cm³/mol. The lowest BCUT2D eigenvalue weighted by molar-refractivity contribution is -0.177. The highest BCUT2D eigenvalue weighted by Gasteiger charge is 2.33. The summed E-state index contributed by atoms with van der Waals surface area (Å²) in [5, 5.41) is 2.81. The molecule has 0 radical (unpaired) electrons. The van der Waals surface area contributed by atoms with Gasteiger partial charge in [0.05, 0.1) is 11.5 Å². The van der Waals surface area contributed by atoms with E-state index in [9.17, 15) is 9.18 Å². The molecule has 0 amide bonds. The zero-order chi connectivity index (χ0) is 15.6. The Morgan fingerprint density at radius 3 is 2.50 bits per heavy atom. The molecule has 0 rings (SSSR count). The zero-order valence-electron chi connectivity index (χ0n) is 12.8. The average molecular weight is 303 g/mol. The van der Waals surface area contributed by atoms with Crippen molar-refractivity contribution in [2.24, 2.45) is 0 Å². The largest absolute Gasteiger partial charge is 0.423 e. The SMILES string of the molecule is C=C(C)C(=O)OC(F)(CCCCCC)CNC(=S)CC. The van der Waals surface area contributed by atoms with Crippen molar-refractivity contribution in [3.63, 3.8) is 0 Å². The van der Waals surface area contributed by atoms with Gasteiger partial charge in [0.15, 0.2) is 0 Å². The molecule has 0 aliphatic carbocycles. The summed E-state index contributed by atoms with van der Waals surface area (Å²) in [6, 6.07) is 0. The molecule has 0 aromatic rings. The lowest BCUT2D eigenvalue weighted by Crippen LogP contribution is -2.42. The molecule has 0 bridgehead atoms. The van der Waals surface area contributed by atoms with E-state index in [-0.39, 0.29) is 18.5 Å².